The third kappa shape index (κ3) is 4.47. The first-order chi connectivity index (χ1) is 12.4. The number of rotatable bonds is 6. The van der Waals surface area contributed by atoms with E-state index in [9.17, 15) is 17.2 Å². The number of hydrogen-bond acceptors (Lipinski definition) is 5. The molecule has 1 saturated heterocycles. The van der Waals surface area contributed by atoms with Gasteiger partial charge >= 0.3 is 0 Å². The molecule has 5 nitrogen and oxygen atoms in total. The van der Waals surface area contributed by atoms with E-state index in [2.05, 4.69) is 21.6 Å². The van der Waals surface area contributed by atoms with E-state index >= 15 is 0 Å². The van der Waals surface area contributed by atoms with Crippen LogP contribution in [0.25, 0.3) is 0 Å². The van der Waals surface area contributed by atoms with Crippen LogP contribution in [-0.2, 0) is 10.0 Å². The van der Waals surface area contributed by atoms with E-state index in [0.717, 1.165) is 43.9 Å². The van der Waals surface area contributed by atoms with E-state index < -0.39 is 26.6 Å². The minimum absolute atomic E-state index is 0.125. The molecule has 142 valence electrons. The van der Waals surface area contributed by atoms with Gasteiger partial charge in [-0.05, 0) is 41.6 Å². The predicted molar refractivity (Wildman–Crippen MR) is 97.7 cm³/mol. The Bertz CT molecular complexity index is 836. The van der Waals surface area contributed by atoms with Gasteiger partial charge in [0.1, 0.15) is 16.5 Å². The lowest BCUT2D eigenvalue weighted by Crippen LogP contribution is -2.48. The molecule has 1 atom stereocenters. The molecule has 1 aromatic heterocycles. The Morgan fingerprint density at radius 1 is 1.19 bits per heavy atom. The highest BCUT2D eigenvalue weighted by Gasteiger charge is 2.27. The molecule has 1 aliphatic rings. The number of halogens is 2. The molecule has 0 radical (unpaired) electrons. The van der Waals surface area contributed by atoms with Gasteiger partial charge in [-0.15, -0.1) is 0 Å². The van der Waals surface area contributed by atoms with E-state index in [0.29, 0.717) is 6.07 Å². The van der Waals surface area contributed by atoms with Gasteiger partial charge in [-0.1, -0.05) is 0 Å². The Kier molecular flexibility index (Phi) is 6.03. The molecule has 1 fully saturated rings. The smallest absolute Gasteiger partial charge is 0.243 e. The van der Waals surface area contributed by atoms with Crippen molar-refractivity contribution in [2.24, 2.45) is 0 Å². The second-order valence-electron chi connectivity index (χ2n) is 6.34. The normalized spacial score (nSPS) is 18.1. The predicted octanol–water partition coefficient (Wildman–Crippen LogP) is 2.29. The Balaban J connectivity index is 1.77. The zero-order valence-electron chi connectivity index (χ0n) is 14.4. The minimum Gasteiger partial charge on any atom is -0.304 e. The first kappa shape index (κ1) is 19.4. The van der Waals surface area contributed by atoms with Crippen LogP contribution in [0, 0.1) is 11.6 Å². The lowest BCUT2D eigenvalue weighted by atomic mass is 10.1. The van der Waals surface area contributed by atoms with Gasteiger partial charge in [-0.25, -0.2) is 21.9 Å². The van der Waals surface area contributed by atoms with Gasteiger partial charge in [0.05, 0.1) is 0 Å². The highest BCUT2D eigenvalue weighted by atomic mass is 32.2. The van der Waals surface area contributed by atoms with Gasteiger partial charge in [0, 0.05) is 44.8 Å². The van der Waals surface area contributed by atoms with Crippen LogP contribution in [0.1, 0.15) is 11.6 Å². The largest absolute Gasteiger partial charge is 0.304 e. The van der Waals surface area contributed by atoms with E-state index in [4.69, 9.17) is 0 Å². The fourth-order valence-electron chi connectivity index (χ4n) is 3.02. The molecule has 2 aromatic rings. The van der Waals surface area contributed by atoms with Gasteiger partial charge in [0.15, 0.2) is 0 Å². The first-order valence-electron chi connectivity index (χ1n) is 8.26. The van der Waals surface area contributed by atoms with Crippen LogP contribution in [-0.4, -0.2) is 58.0 Å². The zero-order valence-corrected chi connectivity index (χ0v) is 16.0. The fourth-order valence-corrected chi connectivity index (χ4v) is 4.82. The van der Waals surface area contributed by atoms with Crippen LogP contribution >= 0.6 is 11.3 Å². The van der Waals surface area contributed by atoms with Crippen LogP contribution < -0.4 is 4.72 Å². The number of nitrogens with zero attached hydrogens (tertiary/aromatic N) is 2. The lowest BCUT2D eigenvalue weighted by molar-refractivity contribution is 0.113. The Morgan fingerprint density at radius 3 is 2.54 bits per heavy atom. The van der Waals surface area contributed by atoms with Crippen molar-refractivity contribution in [3.63, 3.8) is 0 Å². The number of nitrogens with one attached hydrogen (secondary N) is 1. The highest BCUT2D eigenvalue weighted by molar-refractivity contribution is 7.89. The molecule has 0 spiro atoms. The Morgan fingerprint density at radius 2 is 1.92 bits per heavy atom. The lowest BCUT2D eigenvalue weighted by Gasteiger charge is -2.37. The van der Waals surface area contributed by atoms with E-state index in [-0.39, 0.29) is 12.6 Å². The molecule has 3 rings (SSSR count). The van der Waals surface area contributed by atoms with Crippen molar-refractivity contribution in [2.75, 3.05) is 39.8 Å². The number of thiophene rings is 1. The number of hydrogen-bond donors (Lipinski definition) is 1. The van der Waals surface area contributed by atoms with Crippen molar-refractivity contribution in [1.29, 1.82) is 0 Å². The van der Waals surface area contributed by atoms with Gasteiger partial charge < -0.3 is 4.90 Å². The third-order valence-electron chi connectivity index (χ3n) is 4.56. The average molecular weight is 402 g/mol. The van der Waals surface area contributed by atoms with E-state index in [1.807, 2.05) is 16.8 Å². The Hall–Kier alpha value is -1.39. The topological polar surface area (TPSA) is 52.6 Å². The number of benzene rings is 1. The Labute approximate surface area is 156 Å². The van der Waals surface area contributed by atoms with Gasteiger partial charge in [0.2, 0.25) is 10.0 Å². The van der Waals surface area contributed by atoms with Crippen molar-refractivity contribution in [3.8, 4) is 0 Å². The summed E-state index contributed by atoms with van der Waals surface area (Å²) in [4.78, 5) is 3.91. The maximum absolute atomic E-state index is 13.9. The van der Waals surface area contributed by atoms with Crippen LogP contribution in [0.5, 0.6) is 0 Å². The van der Waals surface area contributed by atoms with Crippen molar-refractivity contribution in [2.45, 2.75) is 10.9 Å². The summed E-state index contributed by atoms with van der Waals surface area (Å²) in [6.07, 6.45) is 0. The molecule has 0 saturated carbocycles. The molecule has 0 aliphatic carbocycles. The van der Waals surface area contributed by atoms with Gasteiger partial charge in [-0.2, -0.15) is 11.3 Å². The number of likely N-dealkylation sites (N-methyl/N-ethyl adjacent to an activating group) is 1. The van der Waals surface area contributed by atoms with E-state index in [1.54, 1.807) is 11.3 Å². The number of sulfonamides is 1. The van der Waals surface area contributed by atoms with Crippen molar-refractivity contribution < 1.29 is 17.2 Å². The number of piperazine rings is 1. The standard InChI is InChI=1S/C17H21F2N3O2S2/c1-21-5-7-22(8-6-21)16(13-4-9-25-12-13)11-20-26(23,24)17-3-2-14(18)10-15(17)19/h2-4,9-10,12,16,20H,5-8,11H2,1H3. The molecule has 1 aromatic carbocycles. The fraction of sp³-hybridized carbons (Fsp3) is 0.412. The maximum atomic E-state index is 13.9. The van der Waals surface area contributed by atoms with Crippen molar-refractivity contribution in [3.05, 3.63) is 52.2 Å². The SMILES string of the molecule is CN1CCN(C(CNS(=O)(=O)c2ccc(F)cc2F)c2ccsc2)CC1. The summed E-state index contributed by atoms with van der Waals surface area (Å²) in [5.74, 6) is -1.90. The van der Waals surface area contributed by atoms with Crippen LogP contribution in [0.2, 0.25) is 0 Å². The molecule has 9 heteroatoms. The summed E-state index contributed by atoms with van der Waals surface area (Å²) in [5.41, 5.74) is 1.03. The summed E-state index contributed by atoms with van der Waals surface area (Å²) in [5, 5.41) is 3.95. The molecule has 1 unspecified atom stereocenters. The summed E-state index contributed by atoms with van der Waals surface area (Å²) >= 11 is 1.55. The van der Waals surface area contributed by atoms with Crippen molar-refractivity contribution in [1.82, 2.24) is 14.5 Å². The van der Waals surface area contributed by atoms with Gasteiger partial charge in [-0.3, -0.25) is 4.90 Å². The van der Waals surface area contributed by atoms with Crippen molar-refractivity contribution >= 4 is 21.4 Å². The maximum Gasteiger partial charge on any atom is 0.243 e. The second kappa shape index (κ2) is 8.10. The molecule has 1 N–H and O–H groups in total. The first-order valence-corrected chi connectivity index (χ1v) is 10.7. The average Bonchev–Trinajstić information content (AvgIpc) is 3.10. The molecule has 0 amide bonds. The summed E-state index contributed by atoms with van der Waals surface area (Å²) in [6, 6.07) is 4.30. The molecular weight excluding hydrogens is 380 g/mol. The van der Waals surface area contributed by atoms with Crippen LogP contribution in [0.4, 0.5) is 8.78 Å². The molecule has 1 aliphatic heterocycles. The summed E-state index contributed by atoms with van der Waals surface area (Å²) in [7, 11) is -2.02. The second-order valence-corrected chi connectivity index (χ2v) is 8.85. The van der Waals surface area contributed by atoms with E-state index in [1.165, 1.54) is 0 Å². The molecule has 2 heterocycles. The highest BCUT2D eigenvalue weighted by Crippen LogP contribution is 2.24. The minimum atomic E-state index is -4.07. The molecular formula is C17H21F2N3O2S2. The quantitative estimate of drug-likeness (QED) is 0.807. The molecule has 0 bridgehead atoms. The summed E-state index contributed by atoms with van der Waals surface area (Å²) < 4.78 is 54.4. The van der Waals surface area contributed by atoms with Gasteiger partial charge in [0.25, 0.3) is 0 Å². The zero-order chi connectivity index (χ0) is 18.7. The monoisotopic (exact) mass is 401 g/mol. The van der Waals surface area contributed by atoms with Crippen LogP contribution in [0.3, 0.4) is 0 Å². The van der Waals surface area contributed by atoms with Crippen LogP contribution in [0.15, 0.2) is 39.9 Å². The third-order valence-corrected chi connectivity index (χ3v) is 6.72. The summed E-state index contributed by atoms with van der Waals surface area (Å²) in [6.45, 7) is 3.58. The molecule has 26 heavy (non-hydrogen) atoms.